The third-order valence-corrected chi connectivity index (χ3v) is 4.69. The largest absolute Gasteiger partial charge is 0.0890 e. The summed E-state index contributed by atoms with van der Waals surface area (Å²) < 4.78 is 0. The Hall–Kier alpha value is -0.300. The van der Waals surface area contributed by atoms with Gasteiger partial charge in [-0.1, -0.05) is 67.4 Å². The predicted octanol–water partition coefficient (Wildman–Crippen LogP) is 5.41. The smallest absolute Gasteiger partial charge is 0.0151 e. The molecule has 1 aromatic carbocycles. The van der Waals surface area contributed by atoms with Crippen molar-refractivity contribution >= 4 is 15.9 Å². The summed E-state index contributed by atoms with van der Waals surface area (Å²) in [7, 11) is 0. The lowest BCUT2D eigenvalue weighted by atomic mass is 9.81. The molecule has 1 heteroatoms. The summed E-state index contributed by atoms with van der Waals surface area (Å²) in [4.78, 5) is 0.726. The van der Waals surface area contributed by atoms with Crippen LogP contribution >= 0.6 is 15.9 Å². The maximum Gasteiger partial charge on any atom is 0.0151 e. The quantitative estimate of drug-likeness (QED) is 0.608. The molecule has 0 radical (unpaired) electrons. The van der Waals surface area contributed by atoms with Gasteiger partial charge in [0.1, 0.15) is 0 Å². The number of rotatable bonds is 1. The molecule has 1 saturated carbocycles. The zero-order valence-corrected chi connectivity index (χ0v) is 12.8. The van der Waals surface area contributed by atoms with E-state index in [-0.39, 0.29) is 5.41 Å². The summed E-state index contributed by atoms with van der Waals surface area (Å²) in [5.74, 6) is 0.766. The van der Waals surface area contributed by atoms with Crippen molar-refractivity contribution in [2.75, 3.05) is 0 Å². The van der Waals surface area contributed by atoms with E-state index in [0.29, 0.717) is 0 Å². The molecular formula is C16H23Br. The molecule has 0 N–H and O–H groups in total. The highest BCUT2D eigenvalue weighted by atomic mass is 79.9. The second-order valence-electron chi connectivity index (χ2n) is 6.33. The minimum atomic E-state index is 0.267. The Morgan fingerprint density at radius 1 is 1.06 bits per heavy atom. The van der Waals surface area contributed by atoms with Crippen molar-refractivity contribution in [2.45, 2.75) is 62.6 Å². The van der Waals surface area contributed by atoms with Crippen molar-refractivity contribution in [3.63, 3.8) is 0 Å². The van der Waals surface area contributed by atoms with Gasteiger partial charge in [-0.15, -0.1) is 0 Å². The molecule has 94 valence electrons. The van der Waals surface area contributed by atoms with Crippen LogP contribution in [-0.2, 0) is 5.41 Å². The molecule has 2 rings (SSSR count). The lowest BCUT2D eigenvalue weighted by molar-refractivity contribution is 0.458. The van der Waals surface area contributed by atoms with Crippen LogP contribution in [0, 0.1) is 0 Å². The maximum absolute atomic E-state index is 3.77. The summed E-state index contributed by atoms with van der Waals surface area (Å²) in [6.45, 7) is 6.82. The van der Waals surface area contributed by atoms with Crippen LogP contribution in [0.15, 0.2) is 24.3 Å². The first-order valence-corrected chi connectivity index (χ1v) is 7.63. The van der Waals surface area contributed by atoms with Crippen molar-refractivity contribution in [3.8, 4) is 0 Å². The number of halogens is 1. The van der Waals surface area contributed by atoms with Crippen LogP contribution in [0.2, 0.25) is 0 Å². The van der Waals surface area contributed by atoms with Crippen molar-refractivity contribution < 1.29 is 0 Å². The van der Waals surface area contributed by atoms with Crippen LogP contribution in [0.1, 0.15) is 63.5 Å². The van der Waals surface area contributed by atoms with Crippen LogP contribution in [0.5, 0.6) is 0 Å². The van der Waals surface area contributed by atoms with Crippen molar-refractivity contribution in [1.29, 1.82) is 0 Å². The summed E-state index contributed by atoms with van der Waals surface area (Å²) in [5, 5.41) is 0. The van der Waals surface area contributed by atoms with Gasteiger partial charge < -0.3 is 0 Å². The van der Waals surface area contributed by atoms with E-state index in [2.05, 4.69) is 61.0 Å². The molecule has 0 nitrogen and oxygen atoms in total. The first kappa shape index (κ1) is 13.1. The molecule has 0 bridgehead atoms. The lowest BCUT2D eigenvalue weighted by Crippen LogP contribution is -2.14. The van der Waals surface area contributed by atoms with Crippen LogP contribution in [0.25, 0.3) is 0 Å². The van der Waals surface area contributed by atoms with Gasteiger partial charge in [0.15, 0.2) is 0 Å². The topological polar surface area (TPSA) is 0 Å². The van der Waals surface area contributed by atoms with Gasteiger partial charge >= 0.3 is 0 Å². The summed E-state index contributed by atoms with van der Waals surface area (Å²) in [6.07, 6.45) is 5.37. The van der Waals surface area contributed by atoms with Crippen molar-refractivity contribution in [3.05, 3.63) is 35.4 Å². The molecule has 0 amide bonds. The van der Waals surface area contributed by atoms with Gasteiger partial charge in [0, 0.05) is 4.83 Å². The van der Waals surface area contributed by atoms with Gasteiger partial charge in [0.05, 0.1) is 0 Å². The molecule has 0 heterocycles. The highest BCUT2D eigenvalue weighted by molar-refractivity contribution is 9.09. The number of hydrogen-bond donors (Lipinski definition) is 0. The van der Waals surface area contributed by atoms with Gasteiger partial charge in [0.25, 0.3) is 0 Å². The van der Waals surface area contributed by atoms with Crippen molar-refractivity contribution in [1.82, 2.24) is 0 Å². The van der Waals surface area contributed by atoms with Crippen molar-refractivity contribution in [2.24, 2.45) is 0 Å². The minimum Gasteiger partial charge on any atom is -0.0890 e. The first-order chi connectivity index (χ1) is 7.97. The van der Waals surface area contributed by atoms with Crippen LogP contribution in [0.4, 0.5) is 0 Å². The summed E-state index contributed by atoms with van der Waals surface area (Å²) in [6, 6.07) is 9.31. The van der Waals surface area contributed by atoms with Gasteiger partial charge in [-0.25, -0.2) is 0 Å². The normalized spacial score (nSPS) is 25.9. The highest BCUT2D eigenvalue weighted by Crippen LogP contribution is 2.36. The lowest BCUT2D eigenvalue weighted by Gasteiger charge is -2.27. The molecule has 1 aromatic rings. The van der Waals surface area contributed by atoms with E-state index < -0.39 is 0 Å². The zero-order chi connectivity index (χ0) is 12.5. The van der Waals surface area contributed by atoms with Crippen LogP contribution in [0.3, 0.4) is 0 Å². The monoisotopic (exact) mass is 294 g/mol. The molecule has 1 aliphatic carbocycles. The van der Waals surface area contributed by atoms with E-state index in [4.69, 9.17) is 0 Å². The first-order valence-electron chi connectivity index (χ1n) is 6.71. The molecule has 0 aliphatic heterocycles. The second kappa shape index (κ2) is 5.14. The third kappa shape index (κ3) is 3.34. The molecule has 2 atom stereocenters. The second-order valence-corrected chi connectivity index (χ2v) is 7.63. The van der Waals surface area contributed by atoms with Crippen LogP contribution < -0.4 is 0 Å². The summed E-state index contributed by atoms with van der Waals surface area (Å²) in [5.41, 5.74) is 3.23. The van der Waals surface area contributed by atoms with Gasteiger partial charge in [-0.2, -0.15) is 0 Å². The zero-order valence-electron chi connectivity index (χ0n) is 11.2. The maximum atomic E-state index is 3.77. The van der Waals surface area contributed by atoms with Gasteiger partial charge in [0.2, 0.25) is 0 Å². The molecule has 0 saturated heterocycles. The summed E-state index contributed by atoms with van der Waals surface area (Å²) >= 11 is 3.77. The van der Waals surface area contributed by atoms with E-state index >= 15 is 0 Å². The Balaban J connectivity index is 2.12. The average molecular weight is 295 g/mol. The minimum absolute atomic E-state index is 0.267. The molecule has 0 spiro atoms. The molecule has 0 aromatic heterocycles. The molecule has 1 fully saturated rings. The van der Waals surface area contributed by atoms with E-state index in [0.717, 1.165) is 10.7 Å². The fraction of sp³-hybridized carbons (Fsp3) is 0.625. The van der Waals surface area contributed by atoms with E-state index in [9.17, 15) is 0 Å². The number of hydrogen-bond acceptors (Lipinski definition) is 0. The Morgan fingerprint density at radius 3 is 2.24 bits per heavy atom. The number of benzene rings is 1. The Kier molecular flexibility index (Phi) is 3.97. The van der Waals surface area contributed by atoms with Gasteiger partial charge in [-0.3, -0.25) is 0 Å². The Labute approximate surface area is 114 Å². The van der Waals surface area contributed by atoms with Crippen LogP contribution in [-0.4, -0.2) is 4.83 Å². The number of alkyl halides is 1. The Morgan fingerprint density at radius 2 is 1.71 bits per heavy atom. The fourth-order valence-corrected chi connectivity index (χ4v) is 3.46. The predicted molar refractivity (Wildman–Crippen MR) is 79.1 cm³/mol. The molecule has 1 aliphatic rings. The highest BCUT2D eigenvalue weighted by Gasteiger charge is 2.21. The molecule has 2 unspecified atom stereocenters. The SMILES string of the molecule is CC(C)(C)c1ccc(C2CCCC(Br)C2)cc1. The van der Waals surface area contributed by atoms with Gasteiger partial charge in [-0.05, 0) is 41.7 Å². The fourth-order valence-electron chi connectivity index (χ4n) is 2.69. The Bertz CT molecular complexity index is 358. The van der Waals surface area contributed by atoms with E-state index in [1.54, 1.807) is 0 Å². The average Bonchev–Trinajstić information content (AvgIpc) is 2.28. The molecular weight excluding hydrogens is 272 g/mol. The van der Waals surface area contributed by atoms with E-state index in [1.165, 1.54) is 36.8 Å². The van der Waals surface area contributed by atoms with E-state index in [1.807, 2.05) is 0 Å². The third-order valence-electron chi connectivity index (χ3n) is 3.86. The molecule has 17 heavy (non-hydrogen) atoms. The standard InChI is InChI=1S/C16H23Br/c1-16(2,3)14-9-7-12(8-10-14)13-5-4-6-15(17)11-13/h7-10,13,15H,4-6,11H2,1-3H3.